The third-order valence-corrected chi connectivity index (χ3v) is 0.622. The fraction of sp³-hybridized carbons (Fsp3) is 1.00. The first kappa shape index (κ1) is 10.4. The molecule has 0 radical (unpaired) electrons. The summed E-state index contributed by atoms with van der Waals surface area (Å²) in [6.07, 6.45) is 0. The summed E-state index contributed by atoms with van der Waals surface area (Å²) in [6, 6.07) is 0. The van der Waals surface area contributed by atoms with Gasteiger partial charge in [-0.15, -0.1) is 0 Å². The number of rotatable bonds is 2. The second-order valence-corrected chi connectivity index (χ2v) is 2.06. The van der Waals surface area contributed by atoms with Crippen LogP contribution in [0.4, 0.5) is 0 Å². The largest absolute Gasteiger partial charge is 2.00 e. The number of hydrogen-bond acceptors (Lipinski definition) is 1. The van der Waals surface area contributed by atoms with E-state index in [4.69, 9.17) is 3.79 Å². The Morgan fingerprint density at radius 2 is 2.00 bits per heavy atom. The van der Waals surface area contributed by atoms with E-state index >= 15 is 0 Å². The zero-order valence-corrected chi connectivity index (χ0v) is 5.83. The molecule has 0 amide bonds. The average Bonchev–Trinajstić information content (AvgIpc) is 1.35. The van der Waals surface area contributed by atoms with Crippen LogP contribution in [-0.2, 0) is 9.26 Å². The van der Waals surface area contributed by atoms with E-state index in [1.807, 2.05) is 0 Å². The van der Waals surface area contributed by atoms with Crippen LogP contribution in [0.15, 0.2) is 0 Å². The van der Waals surface area contributed by atoms with Crippen LogP contribution in [0.1, 0.15) is 13.8 Å². The normalized spacial score (nSPS) is 8.71. The zero-order valence-electron chi connectivity index (χ0n) is 4.68. The molecule has 0 aromatic carbocycles. The van der Waals surface area contributed by atoms with Crippen LogP contribution in [-0.4, -0.2) is 23.2 Å². The molecule has 3 heteroatoms. The Bertz CT molecular complexity index is 30.9. The predicted molar refractivity (Wildman–Crippen MR) is 27.2 cm³/mol. The van der Waals surface area contributed by atoms with Crippen LogP contribution in [0.25, 0.3) is 0 Å². The molecule has 0 N–H and O–H groups in total. The second-order valence-electron chi connectivity index (χ2n) is 1.73. The van der Waals surface area contributed by atoms with Gasteiger partial charge in [0.25, 0.3) is 0 Å². The summed E-state index contributed by atoms with van der Waals surface area (Å²) in [5.74, 6) is 0.655. The molecule has 0 aliphatic carbocycles. The summed E-state index contributed by atoms with van der Waals surface area (Å²) >= 11 is 2.22. The molecule has 0 fully saturated rings. The minimum atomic E-state index is 0. The van der Waals surface area contributed by atoms with Gasteiger partial charge in [-0.25, -0.2) is 0 Å². The fourth-order valence-electron chi connectivity index (χ4n) is 0.192. The Labute approximate surface area is 52.9 Å². The molecular weight excluding hydrogens is 107 g/mol. The van der Waals surface area contributed by atoms with Crippen molar-refractivity contribution in [1.82, 2.24) is 0 Å². The van der Waals surface area contributed by atoms with Crippen LogP contribution in [0.3, 0.4) is 0 Å². The van der Waals surface area contributed by atoms with E-state index in [0.29, 0.717) is 5.92 Å². The van der Waals surface area contributed by atoms with Crippen molar-refractivity contribution in [3.63, 3.8) is 0 Å². The van der Waals surface area contributed by atoms with Gasteiger partial charge in [0.1, 0.15) is 0 Å². The topological polar surface area (TPSA) is 37.7 Å². The standard InChI is InChI=1S/C4H9O.Al.O/c1-4(2)3-5;;/h4H,3H2,1-2H3;;/q-1;+3;-2. The molecule has 0 heterocycles. The van der Waals surface area contributed by atoms with E-state index in [9.17, 15) is 0 Å². The van der Waals surface area contributed by atoms with Crippen LogP contribution in [0.5, 0.6) is 0 Å². The minimum Gasteiger partial charge on any atom is -2.00 e. The van der Waals surface area contributed by atoms with Gasteiger partial charge in [-0.05, 0) is 0 Å². The van der Waals surface area contributed by atoms with Gasteiger partial charge < -0.3 is 5.48 Å². The first-order valence-electron chi connectivity index (χ1n) is 2.09. The average molecular weight is 116 g/mol. The van der Waals surface area contributed by atoms with Crippen molar-refractivity contribution in [2.45, 2.75) is 13.8 Å². The van der Waals surface area contributed by atoms with Crippen molar-refractivity contribution in [2.24, 2.45) is 5.92 Å². The maximum Gasteiger partial charge on any atom is -2.00 e. The Kier molecular flexibility index (Phi) is 9.62. The fourth-order valence-corrected chi connectivity index (χ4v) is 0.577. The minimum absolute atomic E-state index is 0. The van der Waals surface area contributed by atoms with Crippen LogP contribution >= 0.6 is 0 Å². The van der Waals surface area contributed by atoms with Gasteiger partial charge in [0, 0.05) is 0 Å². The summed E-state index contributed by atoms with van der Waals surface area (Å²) in [4.78, 5) is 0. The van der Waals surface area contributed by atoms with E-state index < -0.39 is 0 Å². The molecule has 0 unspecified atom stereocenters. The Balaban J connectivity index is 0. The summed E-state index contributed by atoms with van der Waals surface area (Å²) in [5, 5.41) is 0. The van der Waals surface area contributed by atoms with Gasteiger partial charge in [-0.2, -0.15) is 0 Å². The molecule has 0 aliphatic rings. The van der Waals surface area contributed by atoms with Gasteiger partial charge in [0.05, 0.1) is 0 Å². The molecule has 0 atom stereocenters. The zero-order chi connectivity index (χ0) is 4.99. The molecule has 7 heavy (non-hydrogen) atoms. The van der Waals surface area contributed by atoms with Crippen molar-refractivity contribution in [3.05, 3.63) is 0 Å². The summed E-state index contributed by atoms with van der Waals surface area (Å²) in [7, 11) is 0. The van der Waals surface area contributed by atoms with Gasteiger partial charge in [-0.1, -0.05) is 0 Å². The smallest absolute Gasteiger partial charge is 2.00 e. The molecular formula is C4H9AlO2. The molecule has 0 aromatic rings. The van der Waals surface area contributed by atoms with Crippen LogP contribution in [0, 0.1) is 5.92 Å². The van der Waals surface area contributed by atoms with Crippen LogP contribution < -0.4 is 0 Å². The van der Waals surface area contributed by atoms with Crippen molar-refractivity contribution >= 4 is 16.6 Å². The van der Waals surface area contributed by atoms with Gasteiger partial charge in [0.15, 0.2) is 0 Å². The van der Waals surface area contributed by atoms with E-state index in [0.717, 1.165) is 6.61 Å². The van der Waals surface area contributed by atoms with Gasteiger partial charge >= 0.3 is 46.8 Å². The molecule has 0 rings (SSSR count). The van der Waals surface area contributed by atoms with E-state index in [2.05, 4.69) is 30.5 Å². The van der Waals surface area contributed by atoms with Crippen LogP contribution in [0.2, 0.25) is 0 Å². The first-order valence-corrected chi connectivity index (χ1v) is 2.56. The predicted octanol–water partition coefficient (Wildman–Crippen LogP) is 0.624. The SMILES string of the molecule is CC(C)C[O][Al+2].[O-2]. The second kappa shape index (κ2) is 6.45. The van der Waals surface area contributed by atoms with Gasteiger partial charge in [-0.3, -0.25) is 0 Å². The van der Waals surface area contributed by atoms with Gasteiger partial charge in [0.2, 0.25) is 0 Å². The Morgan fingerprint density at radius 3 is 2.00 bits per heavy atom. The Hall–Kier alpha value is 0.452. The summed E-state index contributed by atoms with van der Waals surface area (Å²) in [6.45, 7) is 5.07. The molecule has 0 aromatic heterocycles. The molecule has 0 bridgehead atoms. The van der Waals surface area contributed by atoms with E-state index in [-0.39, 0.29) is 5.48 Å². The third kappa shape index (κ3) is 10.7. The maximum absolute atomic E-state index is 4.72. The molecule has 40 valence electrons. The van der Waals surface area contributed by atoms with E-state index in [1.54, 1.807) is 0 Å². The van der Waals surface area contributed by atoms with Crippen molar-refractivity contribution < 1.29 is 9.26 Å². The molecule has 2 nitrogen and oxygen atoms in total. The van der Waals surface area contributed by atoms with Crippen molar-refractivity contribution in [1.29, 1.82) is 0 Å². The quantitative estimate of drug-likeness (QED) is 0.487. The third-order valence-electron chi connectivity index (χ3n) is 0.430. The molecule has 0 saturated carbocycles. The first-order chi connectivity index (χ1) is 2.77. The Morgan fingerprint density at radius 1 is 1.57 bits per heavy atom. The maximum atomic E-state index is 4.72. The summed E-state index contributed by atoms with van der Waals surface area (Å²) < 4.78 is 4.72. The molecule has 0 spiro atoms. The van der Waals surface area contributed by atoms with Crippen molar-refractivity contribution in [2.75, 3.05) is 6.61 Å². The van der Waals surface area contributed by atoms with Crippen molar-refractivity contribution in [3.8, 4) is 0 Å². The summed E-state index contributed by atoms with van der Waals surface area (Å²) in [5.41, 5.74) is 0. The molecule has 0 saturated heterocycles. The monoisotopic (exact) mass is 116 g/mol. The van der Waals surface area contributed by atoms with E-state index in [1.165, 1.54) is 0 Å². The molecule has 0 aliphatic heterocycles. The number of hydrogen-bond donors (Lipinski definition) is 0.